The quantitative estimate of drug-likeness (QED) is 0.674. The number of methoxy groups -OCH3 is 3. The van der Waals surface area contributed by atoms with E-state index in [2.05, 4.69) is 10.1 Å². The van der Waals surface area contributed by atoms with Crippen LogP contribution in [0.3, 0.4) is 0 Å². The van der Waals surface area contributed by atoms with Crippen molar-refractivity contribution in [3.8, 4) is 5.75 Å². The maximum absolute atomic E-state index is 12.7. The summed E-state index contributed by atoms with van der Waals surface area (Å²) >= 11 is 0. The Balaban J connectivity index is 1.98. The number of furan rings is 1. The van der Waals surface area contributed by atoms with Gasteiger partial charge in [-0.2, -0.15) is 0 Å². The highest BCUT2D eigenvalue weighted by Gasteiger charge is 2.20. The average molecular weight is 383 g/mol. The Hall–Kier alpha value is -3.81. The molecule has 8 heteroatoms. The molecule has 0 aliphatic heterocycles. The minimum atomic E-state index is -0.669. The zero-order valence-electron chi connectivity index (χ0n) is 15.4. The topological polar surface area (TPSA) is 104 Å². The maximum Gasteiger partial charge on any atom is 0.339 e. The number of amides is 1. The van der Waals surface area contributed by atoms with E-state index in [4.69, 9.17) is 13.9 Å². The molecular formula is C20H17NO7. The van der Waals surface area contributed by atoms with E-state index >= 15 is 0 Å². The number of rotatable bonds is 5. The van der Waals surface area contributed by atoms with Gasteiger partial charge in [0.05, 0.1) is 38.1 Å². The van der Waals surface area contributed by atoms with Crippen LogP contribution in [0.2, 0.25) is 0 Å². The lowest BCUT2D eigenvalue weighted by Gasteiger charge is -2.10. The summed E-state index contributed by atoms with van der Waals surface area (Å²) in [6.07, 6.45) is 0. The van der Waals surface area contributed by atoms with Crippen molar-refractivity contribution in [3.63, 3.8) is 0 Å². The first-order valence-corrected chi connectivity index (χ1v) is 8.17. The van der Waals surface area contributed by atoms with Crippen molar-refractivity contribution < 1.29 is 33.0 Å². The largest absolute Gasteiger partial charge is 0.493 e. The van der Waals surface area contributed by atoms with Crippen LogP contribution in [0, 0.1) is 0 Å². The highest BCUT2D eigenvalue weighted by molar-refractivity contribution is 6.09. The van der Waals surface area contributed by atoms with Crippen LogP contribution in [0.25, 0.3) is 11.0 Å². The van der Waals surface area contributed by atoms with Crippen molar-refractivity contribution in [2.75, 3.05) is 26.6 Å². The molecule has 28 heavy (non-hydrogen) atoms. The van der Waals surface area contributed by atoms with E-state index < -0.39 is 17.8 Å². The maximum atomic E-state index is 12.7. The van der Waals surface area contributed by atoms with Crippen LogP contribution in [-0.2, 0) is 9.47 Å². The summed E-state index contributed by atoms with van der Waals surface area (Å²) in [6.45, 7) is 0. The molecular weight excluding hydrogens is 366 g/mol. The van der Waals surface area contributed by atoms with Crippen LogP contribution in [0.5, 0.6) is 5.75 Å². The van der Waals surface area contributed by atoms with Gasteiger partial charge in [-0.25, -0.2) is 9.59 Å². The van der Waals surface area contributed by atoms with Gasteiger partial charge in [0.25, 0.3) is 5.91 Å². The highest BCUT2D eigenvalue weighted by Crippen LogP contribution is 2.29. The lowest BCUT2D eigenvalue weighted by Crippen LogP contribution is -2.16. The monoisotopic (exact) mass is 383 g/mol. The van der Waals surface area contributed by atoms with E-state index in [9.17, 15) is 14.4 Å². The second kappa shape index (κ2) is 7.83. The molecule has 2 aromatic carbocycles. The van der Waals surface area contributed by atoms with Gasteiger partial charge in [-0.15, -0.1) is 0 Å². The number of esters is 2. The molecule has 0 saturated heterocycles. The molecule has 8 nitrogen and oxygen atoms in total. The lowest BCUT2D eigenvalue weighted by atomic mass is 10.1. The number of nitrogens with one attached hydrogen (secondary N) is 1. The van der Waals surface area contributed by atoms with Gasteiger partial charge in [0, 0.05) is 5.39 Å². The fraction of sp³-hybridized carbons (Fsp3) is 0.150. The van der Waals surface area contributed by atoms with Gasteiger partial charge >= 0.3 is 11.9 Å². The number of hydrogen-bond acceptors (Lipinski definition) is 7. The van der Waals surface area contributed by atoms with Crippen molar-refractivity contribution in [3.05, 3.63) is 59.4 Å². The minimum absolute atomic E-state index is 0.0128. The Bertz CT molecular complexity index is 1070. The molecule has 1 aromatic heterocycles. The summed E-state index contributed by atoms with van der Waals surface area (Å²) < 4.78 is 20.2. The summed E-state index contributed by atoms with van der Waals surface area (Å²) in [4.78, 5) is 36.5. The van der Waals surface area contributed by atoms with Gasteiger partial charge in [0.15, 0.2) is 17.1 Å². The van der Waals surface area contributed by atoms with Crippen LogP contribution >= 0.6 is 0 Å². The van der Waals surface area contributed by atoms with Crippen molar-refractivity contribution in [1.82, 2.24) is 0 Å². The average Bonchev–Trinajstić information content (AvgIpc) is 3.17. The smallest absolute Gasteiger partial charge is 0.339 e. The van der Waals surface area contributed by atoms with Crippen molar-refractivity contribution in [1.29, 1.82) is 0 Å². The fourth-order valence-electron chi connectivity index (χ4n) is 2.67. The molecule has 0 aliphatic carbocycles. The molecule has 1 heterocycles. The number of ether oxygens (including phenoxy) is 3. The third-order valence-electron chi connectivity index (χ3n) is 4.05. The van der Waals surface area contributed by atoms with Crippen LogP contribution in [-0.4, -0.2) is 39.2 Å². The molecule has 1 amide bonds. The number of anilines is 1. The van der Waals surface area contributed by atoms with Gasteiger partial charge in [-0.1, -0.05) is 12.1 Å². The van der Waals surface area contributed by atoms with Crippen LogP contribution in [0.1, 0.15) is 31.3 Å². The molecule has 0 radical (unpaired) electrons. The fourth-order valence-corrected chi connectivity index (χ4v) is 2.67. The van der Waals surface area contributed by atoms with E-state index in [1.807, 2.05) is 0 Å². The molecule has 0 aliphatic rings. The lowest BCUT2D eigenvalue weighted by molar-refractivity contribution is 0.0587. The van der Waals surface area contributed by atoms with Gasteiger partial charge in [0.2, 0.25) is 0 Å². The molecule has 3 rings (SSSR count). The van der Waals surface area contributed by atoms with Gasteiger partial charge in [-0.05, 0) is 30.3 Å². The van der Waals surface area contributed by atoms with Gasteiger partial charge in [-0.3, -0.25) is 4.79 Å². The van der Waals surface area contributed by atoms with E-state index in [1.165, 1.54) is 39.5 Å². The van der Waals surface area contributed by atoms with Gasteiger partial charge in [0.1, 0.15) is 0 Å². The van der Waals surface area contributed by atoms with E-state index in [-0.39, 0.29) is 22.6 Å². The first kappa shape index (κ1) is 19.0. The Morgan fingerprint density at radius 3 is 2.36 bits per heavy atom. The first-order valence-electron chi connectivity index (χ1n) is 8.17. The van der Waals surface area contributed by atoms with Crippen LogP contribution < -0.4 is 10.1 Å². The Kier molecular flexibility index (Phi) is 5.30. The molecule has 0 spiro atoms. The second-order valence-electron chi connectivity index (χ2n) is 5.69. The van der Waals surface area contributed by atoms with E-state index in [0.717, 1.165) is 0 Å². The zero-order chi connectivity index (χ0) is 20.3. The van der Waals surface area contributed by atoms with Crippen molar-refractivity contribution in [2.24, 2.45) is 0 Å². The molecule has 0 saturated carbocycles. The molecule has 1 N–H and O–H groups in total. The summed E-state index contributed by atoms with van der Waals surface area (Å²) in [7, 11) is 3.95. The normalized spacial score (nSPS) is 10.4. The third-order valence-corrected chi connectivity index (χ3v) is 4.05. The summed E-state index contributed by atoms with van der Waals surface area (Å²) in [5, 5.41) is 3.26. The highest BCUT2D eigenvalue weighted by atomic mass is 16.5. The predicted octanol–water partition coefficient (Wildman–Crippen LogP) is 3.27. The zero-order valence-corrected chi connectivity index (χ0v) is 15.4. The van der Waals surface area contributed by atoms with E-state index in [0.29, 0.717) is 16.7 Å². The Labute approximate surface area is 160 Å². The Morgan fingerprint density at radius 1 is 0.929 bits per heavy atom. The molecule has 0 bridgehead atoms. The second-order valence-corrected chi connectivity index (χ2v) is 5.69. The summed E-state index contributed by atoms with van der Waals surface area (Å²) in [5.74, 6) is -1.39. The third kappa shape index (κ3) is 3.52. The van der Waals surface area contributed by atoms with Gasteiger partial charge < -0.3 is 23.9 Å². The Morgan fingerprint density at radius 2 is 1.68 bits per heavy atom. The van der Waals surface area contributed by atoms with Crippen LogP contribution in [0.15, 0.2) is 46.9 Å². The number of carbonyl (C=O) groups is 3. The molecule has 0 unspecified atom stereocenters. The number of benzene rings is 2. The van der Waals surface area contributed by atoms with Crippen molar-refractivity contribution in [2.45, 2.75) is 0 Å². The van der Waals surface area contributed by atoms with Crippen LogP contribution in [0.4, 0.5) is 5.69 Å². The summed E-state index contributed by atoms with van der Waals surface area (Å²) in [6, 6.07) is 10.9. The number of fused-ring (bicyclic) bond motifs is 1. The predicted molar refractivity (Wildman–Crippen MR) is 99.8 cm³/mol. The number of carbonyl (C=O) groups excluding carboxylic acids is 3. The minimum Gasteiger partial charge on any atom is -0.493 e. The standard InChI is InChI=1S/C20H17NO7/c1-25-15-6-4-5-11-10-16(28-17(11)15)18(22)21-14-9-12(19(23)26-2)7-8-13(14)20(24)27-3/h4-10H,1-3H3,(H,21,22). The number of hydrogen-bond donors (Lipinski definition) is 1. The summed E-state index contributed by atoms with van der Waals surface area (Å²) in [5.41, 5.74) is 0.757. The first-order chi connectivity index (χ1) is 13.5. The van der Waals surface area contributed by atoms with Crippen molar-refractivity contribution >= 4 is 34.5 Å². The number of para-hydroxylation sites is 1. The molecule has 144 valence electrons. The molecule has 0 fully saturated rings. The SMILES string of the molecule is COC(=O)c1ccc(C(=O)OC)c(NC(=O)c2cc3cccc(OC)c3o2)c1. The van der Waals surface area contributed by atoms with E-state index in [1.54, 1.807) is 24.3 Å². The molecule has 3 aromatic rings. The molecule has 0 atom stereocenters.